The molecule has 0 spiro atoms. The van der Waals surface area contributed by atoms with Crippen LogP contribution in [0.2, 0.25) is 0 Å². The van der Waals surface area contributed by atoms with Crippen LogP contribution in [0, 0.1) is 0 Å². The van der Waals surface area contributed by atoms with Crippen molar-refractivity contribution in [3.05, 3.63) is 42.4 Å². The van der Waals surface area contributed by atoms with Crippen LogP contribution in [0.5, 0.6) is 0 Å². The number of piperidine rings is 1. The number of anilines is 1. The van der Waals surface area contributed by atoms with Crippen molar-refractivity contribution in [1.82, 2.24) is 19.7 Å². The quantitative estimate of drug-likeness (QED) is 0.895. The molecule has 0 aromatic carbocycles. The molecule has 6 nitrogen and oxygen atoms in total. The number of hydrogen-bond acceptors (Lipinski definition) is 5. The van der Waals surface area contributed by atoms with Gasteiger partial charge in [0.25, 0.3) is 5.91 Å². The Kier molecular flexibility index (Phi) is 5.55. The van der Waals surface area contributed by atoms with Crippen molar-refractivity contribution in [3.63, 3.8) is 0 Å². The lowest BCUT2D eigenvalue weighted by Crippen LogP contribution is -2.43. The van der Waals surface area contributed by atoms with Gasteiger partial charge in [-0.15, -0.1) is 0 Å². The normalized spacial score (nSPS) is 20.2. The van der Waals surface area contributed by atoms with Gasteiger partial charge in [0.05, 0.1) is 17.8 Å². The summed E-state index contributed by atoms with van der Waals surface area (Å²) < 4.78 is 1.99. The van der Waals surface area contributed by atoms with E-state index in [1.54, 1.807) is 30.7 Å². The molecule has 0 saturated carbocycles. The number of carbonyl (C=O) groups is 1. The van der Waals surface area contributed by atoms with Gasteiger partial charge >= 0.3 is 0 Å². The molecule has 2 fully saturated rings. The Balaban J connectivity index is 1.37. The van der Waals surface area contributed by atoms with E-state index in [1.165, 1.54) is 24.3 Å². The van der Waals surface area contributed by atoms with Gasteiger partial charge in [0.2, 0.25) is 0 Å². The molecule has 2 aliphatic rings. The summed E-state index contributed by atoms with van der Waals surface area (Å²) >= 11 is 2.08. The Morgan fingerprint density at radius 1 is 1.08 bits per heavy atom. The summed E-state index contributed by atoms with van der Waals surface area (Å²) in [6.07, 6.45) is 9.83. The lowest BCUT2D eigenvalue weighted by atomic mass is 10.0. The summed E-state index contributed by atoms with van der Waals surface area (Å²) in [6, 6.07) is 6.53. The molecule has 1 amide bonds. The minimum Gasteiger partial charge on any atom is -0.307 e. The molecule has 2 aliphatic heterocycles. The average molecular weight is 372 g/mol. The number of likely N-dealkylation sites (tertiary alicyclic amines) is 1. The molecule has 0 aliphatic carbocycles. The third-order valence-corrected chi connectivity index (χ3v) is 6.44. The van der Waals surface area contributed by atoms with Crippen molar-refractivity contribution >= 4 is 23.5 Å². The number of thioether (sulfide) groups is 1. The largest absolute Gasteiger partial charge is 0.307 e. The topological polar surface area (TPSA) is 63.1 Å². The molecule has 2 aromatic rings. The van der Waals surface area contributed by atoms with Gasteiger partial charge in [-0.05, 0) is 49.3 Å². The highest BCUT2D eigenvalue weighted by molar-refractivity contribution is 7.99. The molecular weight excluding hydrogens is 346 g/mol. The van der Waals surface area contributed by atoms with Gasteiger partial charge in [0.15, 0.2) is 0 Å². The van der Waals surface area contributed by atoms with Gasteiger partial charge in [-0.25, -0.2) is 4.68 Å². The number of carbonyl (C=O) groups excluding carboxylic acids is 1. The van der Waals surface area contributed by atoms with E-state index in [0.717, 1.165) is 37.8 Å². The summed E-state index contributed by atoms with van der Waals surface area (Å²) in [5.41, 5.74) is 0.560. The number of nitrogens with zero attached hydrogens (tertiary/aromatic N) is 4. The number of rotatable bonds is 4. The molecule has 4 rings (SSSR count). The molecule has 2 aromatic heterocycles. The van der Waals surface area contributed by atoms with E-state index in [0.29, 0.717) is 11.6 Å². The summed E-state index contributed by atoms with van der Waals surface area (Å²) in [5, 5.41) is 7.47. The fourth-order valence-electron chi connectivity index (χ4n) is 3.94. The zero-order valence-corrected chi connectivity index (χ0v) is 15.7. The monoisotopic (exact) mass is 371 g/mol. The van der Waals surface area contributed by atoms with Gasteiger partial charge in [-0.2, -0.15) is 16.9 Å². The van der Waals surface area contributed by atoms with Crippen molar-refractivity contribution in [2.45, 2.75) is 37.8 Å². The van der Waals surface area contributed by atoms with Crippen LogP contribution in [-0.4, -0.2) is 56.2 Å². The van der Waals surface area contributed by atoms with Gasteiger partial charge in [0.1, 0.15) is 5.82 Å². The molecule has 0 atom stereocenters. The van der Waals surface area contributed by atoms with E-state index in [-0.39, 0.29) is 5.91 Å². The second-order valence-electron chi connectivity index (χ2n) is 6.97. The van der Waals surface area contributed by atoms with Crippen molar-refractivity contribution in [1.29, 1.82) is 0 Å². The Morgan fingerprint density at radius 2 is 1.88 bits per heavy atom. The molecule has 1 N–H and O–H groups in total. The van der Waals surface area contributed by atoms with E-state index < -0.39 is 0 Å². The molecule has 0 bridgehead atoms. The predicted molar refractivity (Wildman–Crippen MR) is 105 cm³/mol. The lowest BCUT2D eigenvalue weighted by Gasteiger charge is -2.39. The molecule has 0 radical (unpaired) electrons. The first kappa shape index (κ1) is 17.5. The van der Waals surface area contributed by atoms with Crippen LogP contribution in [0.4, 0.5) is 5.82 Å². The Hall–Kier alpha value is -1.86. The molecule has 4 heterocycles. The summed E-state index contributed by atoms with van der Waals surface area (Å²) in [7, 11) is 0. The van der Waals surface area contributed by atoms with Crippen LogP contribution in [0.1, 0.15) is 42.1 Å². The number of hydrogen-bond donors (Lipinski definition) is 1. The molecule has 0 unspecified atom stereocenters. The Labute approximate surface area is 158 Å². The van der Waals surface area contributed by atoms with Gasteiger partial charge in [0, 0.05) is 37.6 Å². The molecule has 26 heavy (non-hydrogen) atoms. The minimum absolute atomic E-state index is 0.142. The maximum Gasteiger partial charge on any atom is 0.258 e. The van der Waals surface area contributed by atoms with Gasteiger partial charge < -0.3 is 10.2 Å². The van der Waals surface area contributed by atoms with Crippen molar-refractivity contribution in [2.75, 3.05) is 29.9 Å². The molecule has 2 saturated heterocycles. The molecule has 7 heteroatoms. The van der Waals surface area contributed by atoms with Crippen LogP contribution >= 0.6 is 11.8 Å². The second kappa shape index (κ2) is 8.22. The summed E-state index contributed by atoms with van der Waals surface area (Å²) in [6.45, 7) is 2.24. The van der Waals surface area contributed by atoms with E-state index in [2.05, 4.69) is 32.1 Å². The second-order valence-corrected chi connectivity index (χ2v) is 8.19. The fourth-order valence-corrected chi connectivity index (χ4v) is 5.02. The third kappa shape index (κ3) is 3.94. The minimum atomic E-state index is -0.142. The zero-order valence-electron chi connectivity index (χ0n) is 14.9. The number of aromatic nitrogens is 3. The SMILES string of the molecule is O=C(Nc1ccnn1C1CCN(C2CCSCC2)CC1)c1cccnc1. The zero-order chi connectivity index (χ0) is 17.8. The lowest BCUT2D eigenvalue weighted by molar-refractivity contribution is 0.102. The highest BCUT2D eigenvalue weighted by Crippen LogP contribution is 2.30. The maximum absolute atomic E-state index is 12.4. The van der Waals surface area contributed by atoms with E-state index in [1.807, 2.05) is 10.7 Å². The van der Waals surface area contributed by atoms with Crippen LogP contribution in [0.15, 0.2) is 36.8 Å². The first-order valence-electron chi connectivity index (χ1n) is 9.38. The number of nitrogens with one attached hydrogen (secondary N) is 1. The van der Waals surface area contributed by atoms with Crippen molar-refractivity contribution in [2.24, 2.45) is 0 Å². The first-order chi connectivity index (χ1) is 12.8. The fraction of sp³-hybridized carbons (Fsp3) is 0.526. The smallest absolute Gasteiger partial charge is 0.258 e. The summed E-state index contributed by atoms with van der Waals surface area (Å²) in [5.74, 6) is 3.23. The summed E-state index contributed by atoms with van der Waals surface area (Å²) in [4.78, 5) is 19.1. The third-order valence-electron chi connectivity index (χ3n) is 5.39. The number of pyridine rings is 1. The maximum atomic E-state index is 12.4. The molecule has 138 valence electrons. The van der Waals surface area contributed by atoms with E-state index in [9.17, 15) is 4.79 Å². The Bertz CT molecular complexity index is 721. The van der Waals surface area contributed by atoms with Gasteiger partial charge in [-0.1, -0.05) is 0 Å². The van der Waals surface area contributed by atoms with Crippen molar-refractivity contribution in [3.8, 4) is 0 Å². The van der Waals surface area contributed by atoms with Crippen LogP contribution in [-0.2, 0) is 0 Å². The van der Waals surface area contributed by atoms with Gasteiger partial charge in [-0.3, -0.25) is 9.78 Å². The van der Waals surface area contributed by atoms with E-state index in [4.69, 9.17) is 0 Å². The molecular formula is C19H25N5OS. The van der Waals surface area contributed by atoms with Crippen LogP contribution < -0.4 is 5.32 Å². The highest BCUT2D eigenvalue weighted by Gasteiger charge is 2.28. The average Bonchev–Trinajstić information content (AvgIpc) is 3.17. The standard InChI is InChI=1S/C19H25N5OS/c25-19(15-2-1-8-20-14-15)22-18-3-9-21-24(18)17-4-10-23(11-5-17)16-6-12-26-13-7-16/h1-3,8-9,14,16-17H,4-7,10-13H2,(H,22,25). The van der Waals surface area contributed by atoms with Crippen molar-refractivity contribution < 1.29 is 4.79 Å². The number of amides is 1. The van der Waals surface area contributed by atoms with Crippen LogP contribution in [0.3, 0.4) is 0 Å². The highest BCUT2D eigenvalue weighted by atomic mass is 32.2. The Morgan fingerprint density at radius 3 is 2.62 bits per heavy atom. The predicted octanol–water partition coefficient (Wildman–Crippen LogP) is 3.06. The van der Waals surface area contributed by atoms with E-state index >= 15 is 0 Å². The van der Waals surface area contributed by atoms with Crippen LogP contribution in [0.25, 0.3) is 0 Å². The first-order valence-corrected chi connectivity index (χ1v) is 10.5.